The molecule has 2 aromatic heterocycles. The summed E-state index contributed by atoms with van der Waals surface area (Å²) < 4.78 is 38.3. The normalized spacial score (nSPS) is 24.9. The standard InChI is InChI=1S/C17H15F3N2O2S2/c18-17(19,20)14-4-3-13(26-14)16(24)22-8-9-6-10(11(22)7-9)21-15(23)12-2-1-5-25-12/h1-5,9-11H,6-8H2,(H,21,23)/t9-,10+,11-/m1/s1. The molecule has 0 spiro atoms. The van der Waals surface area contributed by atoms with Gasteiger partial charge < -0.3 is 10.2 Å². The lowest BCUT2D eigenvalue weighted by Gasteiger charge is -2.33. The lowest BCUT2D eigenvalue weighted by atomic mass is 10.1. The third kappa shape index (κ3) is 3.14. The molecule has 1 aliphatic heterocycles. The summed E-state index contributed by atoms with van der Waals surface area (Å²) in [7, 11) is 0. The van der Waals surface area contributed by atoms with Crippen LogP contribution in [0.15, 0.2) is 29.6 Å². The van der Waals surface area contributed by atoms with E-state index in [4.69, 9.17) is 0 Å². The van der Waals surface area contributed by atoms with Gasteiger partial charge in [-0.05, 0) is 42.3 Å². The summed E-state index contributed by atoms with van der Waals surface area (Å²) in [5.74, 6) is -0.270. The van der Waals surface area contributed by atoms with Gasteiger partial charge >= 0.3 is 6.18 Å². The average Bonchev–Trinajstić information content (AvgIpc) is 3.35. The van der Waals surface area contributed by atoms with Crippen LogP contribution in [-0.2, 0) is 6.18 Å². The van der Waals surface area contributed by atoms with Crippen molar-refractivity contribution in [1.29, 1.82) is 0 Å². The Labute approximate surface area is 155 Å². The number of carbonyl (C=O) groups excluding carboxylic acids is 2. The maximum absolute atomic E-state index is 12.8. The highest BCUT2D eigenvalue weighted by Gasteiger charge is 2.48. The third-order valence-corrected chi connectivity index (χ3v) is 6.89. The van der Waals surface area contributed by atoms with E-state index in [0.717, 1.165) is 18.9 Å². The molecular weight excluding hydrogens is 385 g/mol. The third-order valence-electron chi connectivity index (χ3n) is 4.90. The molecule has 4 nitrogen and oxygen atoms in total. The van der Waals surface area contributed by atoms with Gasteiger partial charge in [0.2, 0.25) is 0 Å². The fraction of sp³-hybridized carbons (Fsp3) is 0.412. The first-order valence-electron chi connectivity index (χ1n) is 8.15. The molecule has 2 aliphatic rings. The van der Waals surface area contributed by atoms with Crippen LogP contribution in [0.1, 0.15) is 37.1 Å². The molecule has 1 saturated heterocycles. The first-order chi connectivity index (χ1) is 12.3. The molecule has 1 N–H and O–H groups in total. The SMILES string of the molecule is O=C(N[C@H]1C[C@@H]2C[C@H]1N(C(=O)c1ccc(C(F)(F)F)s1)C2)c1cccs1. The zero-order valence-electron chi connectivity index (χ0n) is 13.5. The van der Waals surface area contributed by atoms with Crippen LogP contribution in [-0.4, -0.2) is 35.3 Å². The van der Waals surface area contributed by atoms with Crippen molar-refractivity contribution in [3.05, 3.63) is 44.3 Å². The number of hydrogen-bond donors (Lipinski definition) is 1. The van der Waals surface area contributed by atoms with Crippen LogP contribution in [0.3, 0.4) is 0 Å². The van der Waals surface area contributed by atoms with E-state index in [1.807, 2.05) is 5.38 Å². The van der Waals surface area contributed by atoms with Gasteiger partial charge in [-0.3, -0.25) is 9.59 Å². The Kier molecular flexibility index (Phi) is 4.31. The molecule has 1 aliphatic carbocycles. The Morgan fingerprint density at radius 1 is 1.15 bits per heavy atom. The van der Waals surface area contributed by atoms with Gasteiger partial charge in [0.25, 0.3) is 11.8 Å². The van der Waals surface area contributed by atoms with E-state index in [1.54, 1.807) is 17.0 Å². The van der Waals surface area contributed by atoms with E-state index in [9.17, 15) is 22.8 Å². The Morgan fingerprint density at radius 3 is 2.58 bits per heavy atom. The number of nitrogens with one attached hydrogen (secondary N) is 1. The second-order valence-electron chi connectivity index (χ2n) is 6.58. The van der Waals surface area contributed by atoms with Gasteiger partial charge in [-0.1, -0.05) is 6.07 Å². The number of amides is 2. The van der Waals surface area contributed by atoms with E-state index in [0.29, 0.717) is 22.8 Å². The maximum Gasteiger partial charge on any atom is 0.425 e. The quantitative estimate of drug-likeness (QED) is 0.851. The van der Waals surface area contributed by atoms with Gasteiger partial charge in [-0.25, -0.2) is 0 Å². The molecule has 2 bridgehead atoms. The minimum Gasteiger partial charge on any atom is -0.347 e. The summed E-state index contributed by atoms with van der Waals surface area (Å²) in [6.07, 6.45) is -2.87. The smallest absolute Gasteiger partial charge is 0.347 e. The summed E-state index contributed by atoms with van der Waals surface area (Å²) >= 11 is 1.82. The fourth-order valence-corrected chi connectivity index (χ4v) is 5.26. The van der Waals surface area contributed by atoms with Gasteiger partial charge in [0, 0.05) is 12.6 Å². The predicted octanol–water partition coefficient (Wildman–Crippen LogP) is 3.86. The Morgan fingerprint density at radius 2 is 1.96 bits per heavy atom. The second kappa shape index (κ2) is 6.38. The van der Waals surface area contributed by atoms with Crippen LogP contribution in [0.5, 0.6) is 0 Å². The molecular formula is C17H15F3N2O2S2. The zero-order valence-corrected chi connectivity index (χ0v) is 15.1. The van der Waals surface area contributed by atoms with Crippen LogP contribution in [0.25, 0.3) is 0 Å². The van der Waals surface area contributed by atoms with Crippen molar-refractivity contribution in [2.24, 2.45) is 5.92 Å². The van der Waals surface area contributed by atoms with E-state index in [2.05, 4.69) is 5.32 Å². The first kappa shape index (κ1) is 17.5. The van der Waals surface area contributed by atoms with Crippen molar-refractivity contribution >= 4 is 34.5 Å². The van der Waals surface area contributed by atoms with Gasteiger partial charge in [0.05, 0.1) is 15.8 Å². The molecule has 2 aromatic rings. The number of carbonyl (C=O) groups is 2. The highest BCUT2D eigenvalue weighted by molar-refractivity contribution is 7.14. The lowest BCUT2D eigenvalue weighted by Crippen LogP contribution is -2.51. The van der Waals surface area contributed by atoms with Crippen LogP contribution < -0.4 is 5.32 Å². The molecule has 138 valence electrons. The molecule has 4 rings (SSSR count). The number of thiophene rings is 2. The molecule has 2 fully saturated rings. The van der Waals surface area contributed by atoms with Crippen LogP contribution in [0.4, 0.5) is 13.2 Å². The molecule has 0 radical (unpaired) electrons. The summed E-state index contributed by atoms with van der Waals surface area (Å²) in [6.45, 7) is 0.536. The largest absolute Gasteiger partial charge is 0.425 e. The lowest BCUT2D eigenvalue weighted by molar-refractivity contribution is -0.134. The molecule has 2 amide bonds. The van der Waals surface area contributed by atoms with Crippen LogP contribution in [0, 0.1) is 5.92 Å². The number of halogens is 3. The van der Waals surface area contributed by atoms with Crippen LogP contribution >= 0.6 is 22.7 Å². The molecule has 26 heavy (non-hydrogen) atoms. The highest BCUT2D eigenvalue weighted by Crippen LogP contribution is 2.40. The minimum atomic E-state index is -4.44. The highest BCUT2D eigenvalue weighted by atomic mass is 32.1. The second-order valence-corrected chi connectivity index (χ2v) is 8.61. The summed E-state index contributed by atoms with van der Waals surface area (Å²) in [6, 6.07) is 5.40. The van der Waals surface area contributed by atoms with E-state index in [-0.39, 0.29) is 34.7 Å². The van der Waals surface area contributed by atoms with Crippen molar-refractivity contribution in [3.63, 3.8) is 0 Å². The van der Waals surface area contributed by atoms with Crippen LogP contribution in [0.2, 0.25) is 0 Å². The monoisotopic (exact) mass is 400 g/mol. The summed E-state index contributed by atoms with van der Waals surface area (Å²) in [4.78, 5) is 26.5. The van der Waals surface area contributed by atoms with Gasteiger partial charge in [-0.2, -0.15) is 13.2 Å². The van der Waals surface area contributed by atoms with E-state index < -0.39 is 11.1 Å². The summed E-state index contributed by atoms with van der Waals surface area (Å²) in [5.41, 5.74) is 0. The van der Waals surface area contributed by atoms with Gasteiger partial charge in [0.15, 0.2) is 0 Å². The van der Waals surface area contributed by atoms with E-state index in [1.165, 1.54) is 17.4 Å². The van der Waals surface area contributed by atoms with Crippen molar-refractivity contribution < 1.29 is 22.8 Å². The number of alkyl halides is 3. The fourth-order valence-electron chi connectivity index (χ4n) is 3.81. The van der Waals surface area contributed by atoms with E-state index >= 15 is 0 Å². The molecule has 0 aromatic carbocycles. The first-order valence-corrected chi connectivity index (χ1v) is 9.85. The molecule has 1 saturated carbocycles. The number of nitrogens with zero attached hydrogens (tertiary/aromatic N) is 1. The Balaban J connectivity index is 1.47. The average molecular weight is 400 g/mol. The van der Waals surface area contributed by atoms with Crippen molar-refractivity contribution in [2.75, 3.05) is 6.54 Å². The molecule has 3 heterocycles. The summed E-state index contributed by atoms with van der Waals surface area (Å²) in [5, 5.41) is 4.80. The number of rotatable bonds is 3. The van der Waals surface area contributed by atoms with Gasteiger partial charge in [-0.15, -0.1) is 22.7 Å². The number of fused-ring (bicyclic) bond motifs is 2. The number of piperidine rings is 1. The topological polar surface area (TPSA) is 49.4 Å². The molecule has 9 heteroatoms. The Bertz CT molecular complexity index is 831. The molecule has 3 atom stereocenters. The molecule has 0 unspecified atom stereocenters. The van der Waals surface area contributed by atoms with Crippen molar-refractivity contribution in [3.8, 4) is 0 Å². The maximum atomic E-state index is 12.8. The van der Waals surface area contributed by atoms with Crippen molar-refractivity contribution in [1.82, 2.24) is 10.2 Å². The van der Waals surface area contributed by atoms with Crippen molar-refractivity contribution in [2.45, 2.75) is 31.1 Å². The minimum absolute atomic E-state index is 0.0909. The van der Waals surface area contributed by atoms with Gasteiger partial charge in [0.1, 0.15) is 4.88 Å². The number of likely N-dealkylation sites (tertiary alicyclic amines) is 1. The Hall–Kier alpha value is -1.87. The zero-order chi connectivity index (χ0) is 18.5. The number of hydrogen-bond acceptors (Lipinski definition) is 4. The predicted molar refractivity (Wildman–Crippen MR) is 92.4 cm³/mol.